The fraction of sp³-hybridized carbons (Fsp3) is 0.700. The van der Waals surface area contributed by atoms with Crippen LogP contribution in [0.15, 0.2) is 30.3 Å². The van der Waals surface area contributed by atoms with Crippen molar-refractivity contribution >= 4 is 0 Å². The van der Waals surface area contributed by atoms with E-state index in [4.69, 9.17) is 23.7 Å². The lowest BCUT2D eigenvalue weighted by Gasteiger charge is -2.49. The topological polar surface area (TPSA) is 147 Å². The van der Waals surface area contributed by atoms with E-state index in [-0.39, 0.29) is 6.61 Å². The Kier molecular flexibility index (Phi) is 6.70. The van der Waals surface area contributed by atoms with Gasteiger partial charge in [-0.3, -0.25) is 0 Å². The predicted octanol–water partition coefficient (Wildman–Crippen LogP) is -1.36. The molecule has 1 aromatic carbocycles. The third-order valence-electron chi connectivity index (χ3n) is 5.88. The van der Waals surface area contributed by atoms with Gasteiger partial charge in [-0.1, -0.05) is 37.3 Å². The number of benzene rings is 1. The second-order valence-corrected chi connectivity index (χ2v) is 7.90. The molecule has 0 spiro atoms. The van der Waals surface area contributed by atoms with E-state index in [0.29, 0.717) is 0 Å². The highest BCUT2D eigenvalue weighted by Gasteiger charge is 2.52. The van der Waals surface area contributed by atoms with Crippen LogP contribution in [-0.4, -0.2) is 94.1 Å². The Morgan fingerprint density at radius 3 is 2.40 bits per heavy atom. The van der Waals surface area contributed by atoms with Gasteiger partial charge in [-0.15, -0.1) is 0 Å². The Bertz CT molecular complexity index is 687. The Morgan fingerprint density at radius 1 is 0.967 bits per heavy atom. The number of aliphatic hydroxyl groups is 5. The molecule has 10 heteroatoms. The fourth-order valence-corrected chi connectivity index (χ4v) is 4.04. The van der Waals surface area contributed by atoms with Crippen molar-refractivity contribution in [1.29, 1.82) is 0 Å². The molecule has 3 saturated heterocycles. The van der Waals surface area contributed by atoms with E-state index in [1.807, 2.05) is 30.3 Å². The smallest absolute Gasteiger partial charge is 0.187 e. The van der Waals surface area contributed by atoms with Crippen molar-refractivity contribution in [3.8, 4) is 0 Å². The first kappa shape index (κ1) is 22.0. The van der Waals surface area contributed by atoms with Gasteiger partial charge in [0.25, 0.3) is 0 Å². The van der Waals surface area contributed by atoms with E-state index in [1.54, 1.807) is 6.92 Å². The lowest BCUT2D eigenvalue weighted by atomic mass is 9.91. The summed E-state index contributed by atoms with van der Waals surface area (Å²) in [6.07, 6.45) is -10.9. The third-order valence-corrected chi connectivity index (χ3v) is 5.88. The van der Waals surface area contributed by atoms with Crippen LogP contribution in [0, 0.1) is 5.92 Å². The summed E-state index contributed by atoms with van der Waals surface area (Å²) in [6, 6.07) is 9.32. The predicted molar refractivity (Wildman–Crippen MR) is 98.7 cm³/mol. The summed E-state index contributed by atoms with van der Waals surface area (Å²) in [4.78, 5) is 0. The van der Waals surface area contributed by atoms with E-state index < -0.39 is 74.1 Å². The molecule has 3 fully saturated rings. The van der Waals surface area contributed by atoms with Gasteiger partial charge < -0.3 is 49.2 Å². The average molecular weight is 428 g/mol. The Labute approximate surface area is 173 Å². The lowest BCUT2D eigenvalue weighted by Crippen LogP contribution is -2.64. The fourth-order valence-electron chi connectivity index (χ4n) is 4.04. The highest BCUT2D eigenvalue weighted by molar-refractivity contribution is 5.16. The van der Waals surface area contributed by atoms with Gasteiger partial charge in [0.1, 0.15) is 36.6 Å². The normalized spacial score (nSPS) is 46.9. The van der Waals surface area contributed by atoms with Gasteiger partial charge in [0.2, 0.25) is 0 Å². The first-order valence-corrected chi connectivity index (χ1v) is 10.0. The number of aliphatic hydroxyl groups excluding tert-OH is 5. The van der Waals surface area contributed by atoms with Gasteiger partial charge in [-0.05, 0) is 0 Å². The summed E-state index contributed by atoms with van der Waals surface area (Å²) in [7, 11) is 0. The summed E-state index contributed by atoms with van der Waals surface area (Å²) in [6.45, 7) is 1.29. The molecule has 1 aromatic rings. The molecular weight excluding hydrogens is 400 g/mol. The molecule has 3 heterocycles. The zero-order chi connectivity index (χ0) is 21.4. The van der Waals surface area contributed by atoms with E-state index in [0.717, 1.165) is 5.56 Å². The second-order valence-electron chi connectivity index (χ2n) is 7.90. The van der Waals surface area contributed by atoms with Crippen molar-refractivity contribution in [1.82, 2.24) is 0 Å². The van der Waals surface area contributed by atoms with Gasteiger partial charge in [0.15, 0.2) is 18.9 Å². The number of hydrogen-bond donors (Lipinski definition) is 5. The Hall–Kier alpha value is -1.18. The van der Waals surface area contributed by atoms with E-state index in [1.165, 1.54) is 0 Å². The standard InChI is InChI=1S/C20H28O10/c1-9-16(29-20-15(24)14(23)13(22)11(7-21)28-20)17-12(27-18(9)25)8-26-19(30-17)10-5-3-2-4-6-10/h2-6,9,11-25H,7-8H2,1H3/t9-,11?,12-,13?,14?,15?,16?,17?,18?,19?,20?/m1/s1. The van der Waals surface area contributed by atoms with Crippen molar-refractivity contribution in [3.63, 3.8) is 0 Å². The second kappa shape index (κ2) is 9.13. The molecule has 168 valence electrons. The molecule has 3 aliphatic rings. The molecule has 0 radical (unpaired) electrons. The van der Waals surface area contributed by atoms with Crippen LogP contribution >= 0.6 is 0 Å². The zero-order valence-electron chi connectivity index (χ0n) is 16.4. The van der Waals surface area contributed by atoms with Gasteiger partial charge in [0.05, 0.1) is 19.3 Å². The van der Waals surface area contributed by atoms with Crippen LogP contribution in [-0.2, 0) is 23.7 Å². The van der Waals surface area contributed by atoms with Crippen LogP contribution in [0.2, 0.25) is 0 Å². The summed E-state index contributed by atoms with van der Waals surface area (Å²) >= 11 is 0. The summed E-state index contributed by atoms with van der Waals surface area (Å²) < 4.78 is 28.9. The van der Waals surface area contributed by atoms with Crippen molar-refractivity contribution in [2.24, 2.45) is 5.92 Å². The minimum atomic E-state index is -1.57. The minimum Gasteiger partial charge on any atom is -0.394 e. The number of fused-ring (bicyclic) bond motifs is 1. The zero-order valence-corrected chi connectivity index (χ0v) is 16.4. The molecule has 4 rings (SSSR count). The van der Waals surface area contributed by atoms with E-state index >= 15 is 0 Å². The van der Waals surface area contributed by atoms with Crippen LogP contribution in [0.25, 0.3) is 0 Å². The van der Waals surface area contributed by atoms with Crippen LogP contribution in [0.5, 0.6) is 0 Å². The summed E-state index contributed by atoms with van der Waals surface area (Å²) in [5, 5.41) is 50.1. The Balaban J connectivity index is 1.53. The van der Waals surface area contributed by atoms with Crippen molar-refractivity contribution in [3.05, 3.63) is 35.9 Å². The van der Waals surface area contributed by atoms with E-state index in [2.05, 4.69) is 0 Å². The molecule has 0 saturated carbocycles. The third kappa shape index (κ3) is 4.13. The molecule has 3 aliphatic heterocycles. The SMILES string of the molecule is C[C@H]1C(O)O[C@@H]2COC(c3ccccc3)OC2C1OC1OC(CO)C(O)C(O)C1O. The molecule has 0 aromatic heterocycles. The van der Waals surface area contributed by atoms with Crippen molar-refractivity contribution in [2.75, 3.05) is 13.2 Å². The first-order chi connectivity index (χ1) is 14.4. The molecule has 11 atom stereocenters. The quantitative estimate of drug-likeness (QED) is 0.389. The first-order valence-electron chi connectivity index (χ1n) is 10.0. The highest BCUT2D eigenvalue weighted by atomic mass is 16.8. The highest BCUT2D eigenvalue weighted by Crippen LogP contribution is 2.38. The molecule has 5 N–H and O–H groups in total. The monoisotopic (exact) mass is 428 g/mol. The van der Waals surface area contributed by atoms with Crippen LogP contribution in [0.4, 0.5) is 0 Å². The molecule has 10 nitrogen and oxygen atoms in total. The molecule has 0 aliphatic carbocycles. The van der Waals surface area contributed by atoms with Gasteiger partial charge in [0, 0.05) is 11.5 Å². The summed E-state index contributed by atoms with van der Waals surface area (Å²) in [5.41, 5.74) is 0.807. The van der Waals surface area contributed by atoms with Crippen LogP contribution in [0.3, 0.4) is 0 Å². The minimum absolute atomic E-state index is 0.155. The van der Waals surface area contributed by atoms with Gasteiger partial charge in [-0.25, -0.2) is 0 Å². The number of ether oxygens (including phenoxy) is 5. The molecule has 30 heavy (non-hydrogen) atoms. The Morgan fingerprint density at radius 2 is 1.70 bits per heavy atom. The molecular formula is C20H28O10. The number of hydrogen-bond acceptors (Lipinski definition) is 10. The molecule has 0 bridgehead atoms. The lowest BCUT2D eigenvalue weighted by molar-refractivity contribution is -0.381. The largest absolute Gasteiger partial charge is 0.394 e. The average Bonchev–Trinajstić information content (AvgIpc) is 2.77. The van der Waals surface area contributed by atoms with Gasteiger partial charge >= 0.3 is 0 Å². The number of rotatable bonds is 4. The molecule has 0 amide bonds. The van der Waals surface area contributed by atoms with Crippen molar-refractivity contribution in [2.45, 2.75) is 68.5 Å². The van der Waals surface area contributed by atoms with Crippen LogP contribution in [0.1, 0.15) is 18.8 Å². The van der Waals surface area contributed by atoms with Crippen molar-refractivity contribution < 1.29 is 49.2 Å². The van der Waals surface area contributed by atoms with Crippen LogP contribution < -0.4 is 0 Å². The maximum absolute atomic E-state index is 10.3. The van der Waals surface area contributed by atoms with Gasteiger partial charge in [-0.2, -0.15) is 0 Å². The summed E-state index contributed by atoms with van der Waals surface area (Å²) in [5.74, 6) is -0.562. The van der Waals surface area contributed by atoms with E-state index in [9.17, 15) is 25.5 Å². The maximum Gasteiger partial charge on any atom is 0.187 e. The molecule has 9 unspecified atom stereocenters. The maximum atomic E-state index is 10.3.